The summed E-state index contributed by atoms with van der Waals surface area (Å²) in [4.78, 5) is 47.6. The lowest BCUT2D eigenvalue weighted by atomic mass is 10.0. The van der Waals surface area contributed by atoms with Crippen LogP contribution in [-0.2, 0) is 28.6 Å². The average Bonchev–Trinajstić information content (AvgIpc) is 3.03. The Hall–Kier alpha value is -4.83. The van der Waals surface area contributed by atoms with Gasteiger partial charge >= 0.3 is 17.9 Å². The van der Waals surface area contributed by atoms with Crippen LogP contribution >= 0.6 is 11.8 Å². The van der Waals surface area contributed by atoms with Gasteiger partial charge in [0.2, 0.25) is 5.12 Å². The topological polar surface area (TPSA) is 114 Å². The molecule has 0 aromatic heterocycles. The molecule has 0 aliphatic carbocycles. The molecule has 0 unspecified atom stereocenters. The molecule has 0 amide bonds. The summed E-state index contributed by atoms with van der Waals surface area (Å²) in [6.45, 7) is 7.67. The molecule has 0 spiro atoms. The van der Waals surface area contributed by atoms with Gasteiger partial charge in [0.1, 0.15) is 24.7 Å². The van der Waals surface area contributed by atoms with E-state index in [1.165, 1.54) is 7.11 Å². The molecule has 0 fully saturated rings. The number of thioether (sulfide) groups is 1. The lowest BCUT2D eigenvalue weighted by Crippen LogP contribution is -2.13. The second-order valence-electron chi connectivity index (χ2n) is 8.88. The van der Waals surface area contributed by atoms with Crippen LogP contribution < -0.4 is 9.47 Å². The van der Waals surface area contributed by atoms with Crippen molar-refractivity contribution in [3.8, 4) is 22.6 Å². The van der Waals surface area contributed by atoms with E-state index in [4.69, 9.17) is 18.9 Å². The number of carbonyl (C=O) groups is 4. The minimum atomic E-state index is -0.645. The number of rotatable bonds is 16. The molecule has 224 valence electrons. The van der Waals surface area contributed by atoms with E-state index in [1.807, 2.05) is 36.4 Å². The number of hydrogen-bond donors (Lipinski definition) is 0. The predicted octanol–water partition coefficient (Wildman–Crippen LogP) is 5.83. The zero-order valence-corrected chi connectivity index (χ0v) is 24.6. The van der Waals surface area contributed by atoms with Gasteiger partial charge in [-0.15, -0.1) is 0 Å². The molecule has 0 atom stereocenters. The highest BCUT2D eigenvalue weighted by molar-refractivity contribution is 8.14. The molecule has 3 aromatic carbocycles. The van der Waals surface area contributed by atoms with Crippen molar-refractivity contribution >= 4 is 34.8 Å². The summed E-state index contributed by atoms with van der Waals surface area (Å²) < 4.78 is 25.7. The number of methoxy groups -OCH3 is 1. The molecule has 0 heterocycles. The molecule has 0 saturated carbocycles. The second kappa shape index (κ2) is 17.2. The molecule has 3 aromatic rings. The smallest absolute Gasteiger partial charge is 0.333 e. The summed E-state index contributed by atoms with van der Waals surface area (Å²) in [6.07, 6.45) is 1.34. The molecule has 0 saturated heterocycles. The third-order valence-corrected chi connectivity index (χ3v) is 6.70. The van der Waals surface area contributed by atoms with Crippen molar-refractivity contribution in [2.75, 3.05) is 33.5 Å². The van der Waals surface area contributed by atoms with Gasteiger partial charge in [-0.2, -0.15) is 0 Å². The van der Waals surface area contributed by atoms with E-state index in [1.54, 1.807) is 36.4 Å². The standard InChI is InChI=1S/C33H32O9S/c1-4-30(34)41-21-20-40-27-12-10-25(11-13-27)24-6-8-26(9-7-24)33(37)43-29-16-14-28(15-17-29)39-18-5-19-42-32(36)23(2)22-31(35)38-3/h4,6-17H,1-2,5,18-22H2,3H3. The van der Waals surface area contributed by atoms with Crippen molar-refractivity contribution in [3.05, 3.63) is 103 Å². The van der Waals surface area contributed by atoms with E-state index in [2.05, 4.69) is 17.9 Å². The fourth-order valence-electron chi connectivity index (χ4n) is 3.51. The zero-order chi connectivity index (χ0) is 31.0. The van der Waals surface area contributed by atoms with Gasteiger partial charge in [0.15, 0.2) is 0 Å². The molecule has 9 nitrogen and oxygen atoms in total. The van der Waals surface area contributed by atoms with Crippen LogP contribution in [0.4, 0.5) is 0 Å². The van der Waals surface area contributed by atoms with E-state index in [9.17, 15) is 19.2 Å². The van der Waals surface area contributed by atoms with Gasteiger partial charge in [-0.1, -0.05) is 37.4 Å². The van der Waals surface area contributed by atoms with Gasteiger partial charge in [-0.05, 0) is 71.4 Å². The Balaban J connectivity index is 1.39. The maximum Gasteiger partial charge on any atom is 0.333 e. The van der Waals surface area contributed by atoms with Crippen LogP contribution in [0.2, 0.25) is 0 Å². The number of ether oxygens (including phenoxy) is 5. The Kier molecular flexibility index (Phi) is 13.1. The summed E-state index contributed by atoms with van der Waals surface area (Å²) >= 11 is 1.12. The quantitative estimate of drug-likeness (QED) is 0.0651. The maximum atomic E-state index is 12.8. The van der Waals surface area contributed by atoms with Gasteiger partial charge in [-0.3, -0.25) is 9.59 Å². The maximum absolute atomic E-state index is 12.8. The largest absolute Gasteiger partial charge is 0.493 e. The van der Waals surface area contributed by atoms with Crippen LogP contribution in [-0.4, -0.2) is 56.6 Å². The molecule has 3 rings (SSSR count). The van der Waals surface area contributed by atoms with Crippen molar-refractivity contribution in [1.29, 1.82) is 0 Å². The average molecular weight is 605 g/mol. The van der Waals surface area contributed by atoms with Gasteiger partial charge in [-0.25, -0.2) is 9.59 Å². The second-order valence-corrected chi connectivity index (χ2v) is 9.92. The fourth-order valence-corrected chi connectivity index (χ4v) is 4.25. The van der Waals surface area contributed by atoms with E-state index < -0.39 is 17.9 Å². The summed E-state index contributed by atoms with van der Waals surface area (Å²) in [7, 11) is 1.23. The third-order valence-electron chi connectivity index (χ3n) is 5.77. The van der Waals surface area contributed by atoms with Gasteiger partial charge in [0, 0.05) is 28.5 Å². The van der Waals surface area contributed by atoms with Gasteiger partial charge in [0.25, 0.3) is 0 Å². The van der Waals surface area contributed by atoms with Crippen LogP contribution in [0, 0.1) is 0 Å². The van der Waals surface area contributed by atoms with Crippen molar-refractivity contribution in [2.45, 2.75) is 17.7 Å². The van der Waals surface area contributed by atoms with Gasteiger partial charge in [0.05, 0.1) is 26.7 Å². The monoisotopic (exact) mass is 604 g/mol. The zero-order valence-electron chi connectivity index (χ0n) is 23.7. The Morgan fingerprint density at radius 1 is 0.744 bits per heavy atom. The highest BCUT2D eigenvalue weighted by Gasteiger charge is 2.13. The van der Waals surface area contributed by atoms with Crippen LogP contribution in [0.25, 0.3) is 11.1 Å². The summed E-state index contributed by atoms with van der Waals surface area (Å²) in [5, 5.41) is -0.0864. The highest BCUT2D eigenvalue weighted by Crippen LogP contribution is 2.27. The molecule has 0 radical (unpaired) electrons. The molecular formula is C33H32O9S. The first-order valence-corrected chi connectivity index (χ1v) is 14.1. The van der Waals surface area contributed by atoms with Crippen molar-refractivity contribution in [1.82, 2.24) is 0 Å². The first-order chi connectivity index (χ1) is 20.8. The van der Waals surface area contributed by atoms with Crippen molar-refractivity contribution in [3.63, 3.8) is 0 Å². The van der Waals surface area contributed by atoms with Crippen molar-refractivity contribution in [2.24, 2.45) is 0 Å². The minimum Gasteiger partial charge on any atom is -0.493 e. The van der Waals surface area contributed by atoms with Crippen LogP contribution in [0.1, 0.15) is 23.2 Å². The normalized spacial score (nSPS) is 10.3. The van der Waals surface area contributed by atoms with E-state index in [0.717, 1.165) is 33.9 Å². The molecule has 0 aliphatic rings. The lowest BCUT2D eigenvalue weighted by molar-refractivity contribution is -0.144. The fraction of sp³-hybridized carbons (Fsp3) is 0.212. The molecule has 0 bridgehead atoms. The molecule has 10 heteroatoms. The van der Waals surface area contributed by atoms with Crippen LogP contribution in [0.3, 0.4) is 0 Å². The minimum absolute atomic E-state index is 0.0338. The molecule has 43 heavy (non-hydrogen) atoms. The first-order valence-electron chi connectivity index (χ1n) is 13.3. The van der Waals surface area contributed by atoms with Crippen LogP contribution in [0.5, 0.6) is 11.5 Å². The number of carbonyl (C=O) groups excluding carboxylic acids is 4. The van der Waals surface area contributed by atoms with Crippen molar-refractivity contribution < 1.29 is 42.9 Å². The van der Waals surface area contributed by atoms with Gasteiger partial charge < -0.3 is 23.7 Å². The number of esters is 3. The molecule has 0 N–H and O–H groups in total. The summed E-state index contributed by atoms with van der Waals surface area (Å²) in [5.74, 6) is -0.416. The van der Waals surface area contributed by atoms with E-state index in [-0.39, 0.29) is 36.9 Å². The van der Waals surface area contributed by atoms with E-state index in [0.29, 0.717) is 30.1 Å². The number of benzene rings is 3. The van der Waals surface area contributed by atoms with E-state index >= 15 is 0 Å². The Morgan fingerprint density at radius 3 is 1.93 bits per heavy atom. The highest BCUT2D eigenvalue weighted by atomic mass is 32.2. The lowest BCUT2D eigenvalue weighted by Gasteiger charge is -2.09. The van der Waals surface area contributed by atoms with Crippen LogP contribution in [0.15, 0.2) is 102 Å². The summed E-state index contributed by atoms with van der Waals surface area (Å²) in [5.41, 5.74) is 2.53. The molecular weight excluding hydrogens is 572 g/mol. The Bertz CT molecular complexity index is 1410. The SMILES string of the molecule is C=CC(=O)OCCOc1ccc(-c2ccc(C(=O)Sc3ccc(OCCCOC(=O)C(=C)CC(=O)OC)cc3)cc2)cc1. The predicted molar refractivity (Wildman–Crippen MR) is 162 cm³/mol. The first kappa shape index (κ1) is 32.7. The third kappa shape index (κ3) is 11.2. The Labute approximate surface area is 254 Å². The number of hydrogen-bond acceptors (Lipinski definition) is 10. The Morgan fingerprint density at radius 2 is 1.33 bits per heavy atom. The molecule has 0 aliphatic heterocycles. The summed E-state index contributed by atoms with van der Waals surface area (Å²) in [6, 6.07) is 22.0.